The average molecular weight is 563 g/mol. The summed E-state index contributed by atoms with van der Waals surface area (Å²) in [6.07, 6.45) is 28.8. The number of hydrogen-bond donors (Lipinski definition) is 0. The molecule has 41 heavy (non-hydrogen) atoms. The zero-order valence-corrected chi connectivity index (χ0v) is 26.3. The zero-order valence-electron chi connectivity index (χ0n) is 26.3. The summed E-state index contributed by atoms with van der Waals surface area (Å²) in [7, 11) is 0. The molecule has 0 spiro atoms. The molecule has 0 aromatic heterocycles. The number of unbranched alkanes of at least 4 members (excludes halogenated alkanes) is 17. The second-order valence-corrected chi connectivity index (χ2v) is 11.5. The minimum Gasteiger partial charge on any atom is -0.494 e. The van der Waals surface area contributed by atoms with Crippen molar-refractivity contribution in [2.75, 3.05) is 13.2 Å². The Balaban J connectivity index is 1.51. The van der Waals surface area contributed by atoms with Crippen LogP contribution in [0.3, 0.4) is 0 Å². The van der Waals surface area contributed by atoms with Crippen LogP contribution in [0.15, 0.2) is 54.6 Å². The van der Waals surface area contributed by atoms with E-state index < -0.39 is 0 Å². The first-order valence-corrected chi connectivity index (χ1v) is 16.9. The fourth-order valence-electron chi connectivity index (χ4n) is 5.06. The van der Waals surface area contributed by atoms with Crippen molar-refractivity contribution in [1.82, 2.24) is 0 Å². The number of hydrogen-bond acceptors (Lipinski definition) is 3. The molecule has 2 rings (SSSR count). The summed E-state index contributed by atoms with van der Waals surface area (Å²) in [5, 5.41) is 0. The molecule has 3 heteroatoms. The van der Waals surface area contributed by atoms with Gasteiger partial charge < -0.3 is 9.47 Å². The van der Waals surface area contributed by atoms with Crippen molar-refractivity contribution >= 4 is 11.9 Å². The highest BCUT2D eigenvalue weighted by Gasteiger charge is 2.04. The molecule has 0 heterocycles. The Labute approximate surface area is 252 Å². The van der Waals surface area contributed by atoms with Crippen molar-refractivity contribution in [3.8, 4) is 11.5 Å². The van der Waals surface area contributed by atoms with E-state index in [4.69, 9.17) is 9.47 Å². The minimum atomic E-state index is -0.0160. The van der Waals surface area contributed by atoms with Crippen molar-refractivity contribution in [3.63, 3.8) is 0 Å². The van der Waals surface area contributed by atoms with Gasteiger partial charge in [0.25, 0.3) is 0 Å². The number of ether oxygens (including phenoxy) is 2. The Morgan fingerprint density at radius 1 is 0.561 bits per heavy atom. The molecular formula is C38H58O3. The summed E-state index contributed by atoms with van der Waals surface area (Å²) < 4.78 is 11.7. The lowest BCUT2D eigenvalue weighted by atomic mass is 10.0. The molecule has 0 N–H and O–H groups in total. The van der Waals surface area contributed by atoms with Gasteiger partial charge in [-0.3, -0.25) is 4.79 Å². The van der Waals surface area contributed by atoms with Crippen LogP contribution in [0, 0.1) is 0 Å². The lowest BCUT2D eigenvalue weighted by Crippen LogP contribution is -2.00. The van der Waals surface area contributed by atoms with Crippen LogP contribution in [-0.2, 0) is 0 Å². The number of allylic oxidation sites excluding steroid dienone is 1. The van der Waals surface area contributed by atoms with Gasteiger partial charge in [-0.25, -0.2) is 0 Å². The van der Waals surface area contributed by atoms with Crippen LogP contribution in [-0.4, -0.2) is 19.0 Å². The summed E-state index contributed by atoms with van der Waals surface area (Å²) in [4.78, 5) is 12.7. The quantitative estimate of drug-likeness (QED) is 0.0650. The molecule has 0 aliphatic heterocycles. The third kappa shape index (κ3) is 17.8. The van der Waals surface area contributed by atoms with Gasteiger partial charge in [0.15, 0.2) is 5.78 Å². The SMILES string of the molecule is CCCCCCCCCCCCCCCCCCOc1cccc(C(=O)/C=C/c2ccc(OCCCCC)cc2)c1. The van der Waals surface area contributed by atoms with Crippen molar-refractivity contribution in [2.45, 2.75) is 136 Å². The average Bonchev–Trinajstić information content (AvgIpc) is 3.00. The van der Waals surface area contributed by atoms with E-state index in [0.717, 1.165) is 36.5 Å². The first-order valence-electron chi connectivity index (χ1n) is 16.9. The van der Waals surface area contributed by atoms with Gasteiger partial charge in [0, 0.05) is 5.56 Å². The molecule has 228 valence electrons. The topological polar surface area (TPSA) is 35.5 Å². The maximum absolute atomic E-state index is 12.7. The van der Waals surface area contributed by atoms with E-state index in [1.165, 1.54) is 109 Å². The van der Waals surface area contributed by atoms with Crippen LogP contribution < -0.4 is 9.47 Å². The molecule has 3 nitrogen and oxygen atoms in total. The van der Waals surface area contributed by atoms with Crippen LogP contribution in [0.25, 0.3) is 6.08 Å². The van der Waals surface area contributed by atoms with Gasteiger partial charge in [0.05, 0.1) is 13.2 Å². The maximum atomic E-state index is 12.7. The number of ketones is 1. The fraction of sp³-hybridized carbons (Fsp3) is 0.605. The molecule has 0 bridgehead atoms. The number of rotatable bonds is 26. The monoisotopic (exact) mass is 562 g/mol. The van der Waals surface area contributed by atoms with Gasteiger partial charge in [-0.15, -0.1) is 0 Å². The van der Waals surface area contributed by atoms with E-state index in [-0.39, 0.29) is 5.78 Å². The molecule has 0 aliphatic carbocycles. The highest BCUT2D eigenvalue weighted by atomic mass is 16.5. The van der Waals surface area contributed by atoms with Crippen LogP contribution >= 0.6 is 0 Å². The molecule has 2 aromatic carbocycles. The predicted octanol–water partition coefficient (Wildman–Crippen LogP) is 11.8. The highest BCUT2D eigenvalue weighted by Crippen LogP contribution is 2.18. The second kappa shape index (κ2) is 24.1. The summed E-state index contributed by atoms with van der Waals surface area (Å²) in [6.45, 7) is 5.93. The minimum absolute atomic E-state index is 0.0160. The van der Waals surface area contributed by atoms with Crippen molar-refractivity contribution in [2.24, 2.45) is 0 Å². The van der Waals surface area contributed by atoms with Crippen LogP contribution in [0.1, 0.15) is 152 Å². The zero-order chi connectivity index (χ0) is 29.2. The van der Waals surface area contributed by atoms with Crippen LogP contribution in [0.4, 0.5) is 0 Å². The van der Waals surface area contributed by atoms with E-state index in [2.05, 4.69) is 13.8 Å². The summed E-state index contributed by atoms with van der Waals surface area (Å²) >= 11 is 0. The molecule has 0 aliphatic rings. The maximum Gasteiger partial charge on any atom is 0.185 e. The Morgan fingerprint density at radius 2 is 1.02 bits per heavy atom. The molecule has 0 amide bonds. The van der Waals surface area contributed by atoms with Gasteiger partial charge >= 0.3 is 0 Å². The molecular weight excluding hydrogens is 504 g/mol. The van der Waals surface area contributed by atoms with E-state index in [1.807, 2.05) is 54.6 Å². The lowest BCUT2D eigenvalue weighted by molar-refractivity contribution is 0.104. The highest BCUT2D eigenvalue weighted by molar-refractivity contribution is 6.07. The molecule has 0 atom stereocenters. The van der Waals surface area contributed by atoms with Crippen LogP contribution in [0.2, 0.25) is 0 Å². The van der Waals surface area contributed by atoms with Gasteiger partial charge in [0.1, 0.15) is 11.5 Å². The lowest BCUT2D eigenvalue weighted by Gasteiger charge is -2.07. The molecule has 0 radical (unpaired) electrons. The number of carbonyl (C=O) groups is 1. The van der Waals surface area contributed by atoms with E-state index in [9.17, 15) is 4.79 Å². The van der Waals surface area contributed by atoms with Gasteiger partial charge in [-0.1, -0.05) is 153 Å². The van der Waals surface area contributed by atoms with E-state index in [0.29, 0.717) is 12.2 Å². The summed E-state index contributed by atoms with van der Waals surface area (Å²) in [5.74, 6) is 1.63. The third-order valence-corrected chi connectivity index (χ3v) is 7.71. The standard InChI is InChI=1S/C38H58O3/c1-3-5-7-8-9-10-11-12-13-14-15-16-17-18-19-21-32-41-37-24-22-23-35(33-37)38(39)30-27-34-25-28-36(29-26-34)40-31-20-6-4-2/h22-30,33H,3-21,31-32H2,1-2H3/b30-27+. The Kier molecular flexibility index (Phi) is 20.4. The summed E-state index contributed by atoms with van der Waals surface area (Å²) in [5.41, 5.74) is 1.64. The van der Waals surface area contributed by atoms with E-state index in [1.54, 1.807) is 6.08 Å². The molecule has 0 unspecified atom stereocenters. The van der Waals surface area contributed by atoms with Crippen molar-refractivity contribution in [1.29, 1.82) is 0 Å². The van der Waals surface area contributed by atoms with E-state index >= 15 is 0 Å². The Morgan fingerprint density at radius 3 is 1.59 bits per heavy atom. The first-order chi connectivity index (χ1) is 20.2. The van der Waals surface area contributed by atoms with Crippen molar-refractivity contribution < 1.29 is 14.3 Å². The fourth-order valence-corrected chi connectivity index (χ4v) is 5.06. The second-order valence-electron chi connectivity index (χ2n) is 11.5. The van der Waals surface area contributed by atoms with Crippen LogP contribution in [0.5, 0.6) is 11.5 Å². The third-order valence-electron chi connectivity index (χ3n) is 7.71. The molecule has 0 saturated heterocycles. The number of benzene rings is 2. The largest absolute Gasteiger partial charge is 0.494 e. The Hall–Kier alpha value is -2.55. The molecule has 0 fully saturated rings. The van der Waals surface area contributed by atoms with Gasteiger partial charge in [0.2, 0.25) is 0 Å². The summed E-state index contributed by atoms with van der Waals surface area (Å²) in [6, 6.07) is 15.4. The van der Waals surface area contributed by atoms with Gasteiger partial charge in [-0.05, 0) is 48.7 Å². The van der Waals surface area contributed by atoms with Crippen molar-refractivity contribution in [3.05, 3.63) is 65.7 Å². The smallest absolute Gasteiger partial charge is 0.185 e. The Bertz CT molecular complexity index is 931. The number of carbonyl (C=O) groups excluding carboxylic acids is 1. The predicted molar refractivity (Wildman–Crippen MR) is 176 cm³/mol. The van der Waals surface area contributed by atoms with Gasteiger partial charge in [-0.2, -0.15) is 0 Å². The normalized spacial score (nSPS) is 11.3. The molecule has 2 aromatic rings. The first kappa shape index (κ1) is 34.7. The molecule has 0 saturated carbocycles.